The molecule has 2 unspecified atom stereocenters. The average molecular weight is 513 g/mol. The van der Waals surface area contributed by atoms with Crippen LogP contribution in [0.3, 0.4) is 0 Å². The summed E-state index contributed by atoms with van der Waals surface area (Å²) >= 11 is 0. The second-order valence-electron chi connectivity index (χ2n) is 12.4. The fourth-order valence-electron chi connectivity index (χ4n) is 8.42. The molecule has 2 N–H and O–H groups in total. The maximum Gasteiger partial charge on any atom is 0.335 e. The Hall–Kier alpha value is -3.80. The molecule has 0 spiro atoms. The highest BCUT2D eigenvalue weighted by molar-refractivity contribution is 5.88. The lowest BCUT2D eigenvalue weighted by molar-refractivity contribution is -0.110. The summed E-state index contributed by atoms with van der Waals surface area (Å²) in [5.74, 6) is 1.38. The number of aromatic carboxylic acids is 2. The number of ether oxygens (including phenoxy) is 2. The number of hydrogen-bond acceptors (Lipinski definition) is 4. The van der Waals surface area contributed by atoms with E-state index in [1.165, 1.54) is 31.4 Å². The first-order chi connectivity index (χ1) is 18.0. The molecule has 38 heavy (non-hydrogen) atoms. The van der Waals surface area contributed by atoms with E-state index in [1.807, 2.05) is 12.1 Å². The predicted molar refractivity (Wildman–Crippen MR) is 142 cm³/mol. The maximum absolute atomic E-state index is 11.3. The fourth-order valence-corrected chi connectivity index (χ4v) is 8.42. The number of carbonyl (C=O) groups is 2. The minimum Gasteiger partial charge on any atom is -0.478 e. The van der Waals surface area contributed by atoms with E-state index in [2.05, 4.69) is 19.9 Å². The van der Waals surface area contributed by atoms with Gasteiger partial charge in [-0.2, -0.15) is 0 Å². The summed E-state index contributed by atoms with van der Waals surface area (Å²) in [5, 5.41) is 18.5. The molecule has 3 aromatic rings. The van der Waals surface area contributed by atoms with Gasteiger partial charge in [-0.1, -0.05) is 13.8 Å². The van der Waals surface area contributed by atoms with Crippen LogP contribution in [0, 0.1) is 16.7 Å². The average Bonchev–Trinajstić information content (AvgIpc) is 2.83. The van der Waals surface area contributed by atoms with Crippen molar-refractivity contribution in [1.82, 2.24) is 0 Å². The van der Waals surface area contributed by atoms with Crippen molar-refractivity contribution in [3.05, 3.63) is 83.4 Å². The van der Waals surface area contributed by atoms with E-state index in [9.17, 15) is 19.8 Å². The third kappa shape index (κ3) is 4.42. The van der Waals surface area contributed by atoms with E-state index in [1.54, 1.807) is 36.4 Å². The fraction of sp³-hybridized carbons (Fsp3) is 0.375. The first-order valence-electron chi connectivity index (χ1n) is 13.2. The Bertz CT molecular complexity index is 1390. The van der Waals surface area contributed by atoms with Crippen LogP contribution >= 0.6 is 0 Å². The van der Waals surface area contributed by atoms with Crippen LogP contribution in [0.25, 0.3) is 0 Å². The topological polar surface area (TPSA) is 93.1 Å². The summed E-state index contributed by atoms with van der Waals surface area (Å²) in [7, 11) is 0. The molecule has 0 radical (unpaired) electrons. The number of benzene rings is 3. The highest BCUT2D eigenvalue weighted by Crippen LogP contribution is 2.70. The number of carboxylic acids is 2. The molecule has 7 rings (SSSR count). The molecule has 6 nitrogen and oxygen atoms in total. The zero-order chi connectivity index (χ0) is 26.7. The van der Waals surface area contributed by atoms with Crippen molar-refractivity contribution in [3.63, 3.8) is 0 Å². The van der Waals surface area contributed by atoms with Gasteiger partial charge in [0.25, 0.3) is 0 Å². The second kappa shape index (κ2) is 8.62. The van der Waals surface area contributed by atoms with Gasteiger partial charge in [0.2, 0.25) is 0 Å². The van der Waals surface area contributed by atoms with Gasteiger partial charge in [-0.3, -0.25) is 0 Å². The highest BCUT2D eigenvalue weighted by Gasteiger charge is 2.61. The molecule has 6 heteroatoms. The molecule has 0 aromatic heterocycles. The molecule has 4 aliphatic carbocycles. The van der Waals surface area contributed by atoms with Gasteiger partial charge in [0.1, 0.15) is 23.0 Å². The molecule has 0 heterocycles. The summed E-state index contributed by atoms with van der Waals surface area (Å²) in [6, 6.07) is 18.9. The second-order valence-corrected chi connectivity index (χ2v) is 12.4. The number of hydrogen-bond donors (Lipinski definition) is 2. The van der Waals surface area contributed by atoms with Crippen LogP contribution in [0.5, 0.6) is 23.0 Å². The van der Waals surface area contributed by atoms with Crippen LogP contribution in [0.15, 0.2) is 66.7 Å². The van der Waals surface area contributed by atoms with Gasteiger partial charge in [-0.25, -0.2) is 9.59 Å². The minimum atomic E-state index is -0.972. The minimum absolute atomic E-state index is 0.0220. The SMILES string of the molecule is CC12CC3CC(C)(C1)CC(c1cc(Oc4ccc(C(=O)O)cc4)ccc1Oc1ccc(C(=O)O)cc1)(C3)C2. The molecule has 4 saturated carbocycles. The molecule has 4 fully saturated rings. The van der Waals surface area contributed by atoms with Gasteiger partial charge in [0.05, 0.1) is 11.1 Å². The van der Waals surface area contributed by atoms with Crippen LogP contribution in [0.2, 0.25) is 0 Å². The molecule has 0 aliphatic heterocycles. The molecule has 2 atom stereocenters. The molecular formula is C32H32O6. The molecule has 4 aliphatic rings. The van der Waals surface area contributed by atoms with Crippen molar-refractivity contribution in [1.29, 1.82) is 0 Å². The zero-order valence-electron chi connectivity index (χ0n) is 21.7. The van der Waals surface area contributed by atoms with Crippen LogP contribution in [0.4, 0.5) is 0 Å². The monoisotopic (exact) mass is 512 g/mol. The summed E-state index contributed by atoms with van der Waals surface area (Å²) < 4.78 is 12.6. The normalized spacial score (nSPS) is 29.2. The van der Waals surface area contributed by atoms with Crippen LogP contribution in [0.1, 0.15) is 78.7 Å². The largest absolute Gasteiger partial charge is 0.478 e. The lowest BCUT2D eigenvalue weighted by Gasteiger charge is -2.65. The lowest BCUT2D eigenvalue weighted by Crippen LogP contribution is -2.56. The summed E-state index contributed by atoms with van der Waals surface area (Å²) in [6.45, 7) is 4.89. The first kappa shape index (κ1) is 24.5. The number of rotatable bonds is 7. The van der Waals surface area contributed by atoms with E-state index >= 15 is 0 Å². The van der Waals surface area contributed by atoms with Crippen molar-refractivity contribution >= 4 is 11.9 Å². The van der Waals surface area contributed by atoms with Crippen molar-refractivity contribution in [3.8, 4) is 23.0 Å². The van der Waals surface area contributed by atoms with Gasteiger partial charge < -0.3 is 19.7 Å². The molecule has 3 aromatic carbocycles. The maximum atomic E-state index is 11.3. The van der Waals surface area contributed by atoms with Crippen LogP contribution < -0.4 is 9.47 Å². The lowest BCUT2D eigenvalue weighted by atomic mass is 9.39. The van der Waals surface area contributed by atoms with Gasteiger partial charge >= 0.3 is 11.9 Å². The van der Waals surface area contributed by atoms with Crippen molar-refractivity contribution in [2.24, 2.45) is 16.7 Å². The quantitative estimate of drug-likeness (QED) is 0.334. The smallest absolute Gasteiger partial charge is 0.335 e. The molecule has 0 amide bonds. The third-order valence-corrected chi connectivity index (χ3v) is 8.81. The zero-order valence-corrected chi connectivity index (χ0v) is 21.7. The Kier molecular flexibility index (Phi) is 5.56. The van der Waals surface area contributed by atoms with E-state index in [-0.39, 0.29) is 16.5 Å². The summed E-state index contributed by atoms with van der Waals surface area (Å²) in [6.07, 6.45) is 7.17. The van der Waals surface area contributed by atoms with E-state index in [4.69, 9.17) is 9.47 Å². The summed E-state index contributed by atoms with van der Waals surface area (Å²) in [4.78, 5) is 22.5. The van der Waals surface area contributed by atoms with Gasteiger partial charge in [-0.05, 0) is 122 Å². The standard InChI is InChI=1S/C32H32O6/c1-30-14-20-15-31(2,17-30)19-32(16-20,18-30)26-13-25(37-23-7-3-21(4-8-23)28(33)34)11-12-27(26)38-24-9-5-22(6-10-24)29(35)36/h3-13,20H,14-19H2,1-2H3,(H,33,34)(H,35,36). The Labute approximate surface area is 222 Å². The van der Waals surface area contributed by atoms with Crippen LogP contribution in [-0.4, -0.2) is 22.2 Å². The first-order valence-corrected chi connectivity index (χ1v) is 13.2. The Morgan fingerprint density at radius 1 is 0.684 bits per heavy atom. The van der Waals surface area contributed by atoms with Crippen molar-refractivity contribution in [2.45, 2.75) is 57.8 Å². The summed E-state index contributed by atoms with van der Waals surface area (Å²) in [5.41, 5.74) is 2.16. The molecule has 196 valence electrons. The Morgan fingerprint density at radius 2 is 1.18 bits per heavy atom. The highest BCUT2D eigenvalue weighted by atomic mass is 16.5. The van der Waals surface area contributed by atoms with E-state index < -0.39 is 11.9 Å². The number of carboxylic acid groups (broad SMARTS) is 2. The van der Waals surface area contributed by atoms with Gasteiger partial charge in [0.15, 0.2) is 0 Å². The van der Waals surface area contributed by atoms with Crippen LogP contribution in [-0.2, 0) is 5.41 Å². The Balaban J connectivity index is 1.39. The third-order valence-electron chi connectivity index (χ3n) is 8.81. The van der Waals surface area contributed by atoms with E-state index in [0.29, 0.717) is 34.0 Å². The molecule has 0 saturated heterocycles. The molecule has 4 bridgehead atoms. The Morgan fingerprint density at radius 3 is 1.68 bits per heavy atom. The molecular weight excluding hydrogens is 480 g/mol. The predicted octanol–water partition coefficient (Wildman–Crippen LogP) is 7.92. The van der Waals surface area contributed by atoms with E-state index in [0.717, 1.165) is 30.6 Å². The van der Waals surface area contributed by atoms with Gasteiger partial charge in [-0.15, -0.1) is 0 Å². The van der Waals surface area contributed by atoms with Gasteiger partial charge in [0, 0.05) is 11.0 Å². The van der Waals surface area contributed by atoms with Crippen molar-refractivity contribution < 1.29 is 29.3 Å². The van der Waals surface area contributed by atoms with Crippen molar-refractivity contribution in [2.75, 3.05) is 0 Å².